The molecule has 0 aliphatic heterocycles. The molecule has 0 aromatic heterocycles. The van der Waals surface area contributed by atoms with Gasteiger partial charge in [-0.15, -0.1) is 0 Å². The zero-order chi connectivity index (χ0) is 15.3. The lowest BCUT2D eigenvalue weighted by Crippen LogP contribution is -2.39. The summed E-state index contributed by atoms with van der Waals surface area (Å²) in [7, 11) is -2.24. The van der Waals surface area contributed by atoms with Crippen LogP contribution in [0.15, 0.2) is 23.1 Å². The average molecular weight is 302 g/mol. The minimum absolute atomic E-state index is 0.0730. The first kappa shape index (κ1) is 16.7. The van der Waals surface area contributed by atoms with Crippen molar-refractivity contribution in [2.24, 2.45) is 5.92 Å². The molecule has 0 aliphatic rings. The Labute approximate surface area is 120 Å². The predicted octanol–water partition coefficient (Wildman–Crippen LogP) is 0.963. The van der Waals surface area contributed by atoms with Gasteiger partial charge >= 0.3 is 0 Å². The molecule has 0 saturated carbocycles. The van der Waals surface area contributed by atoms with Gasteiger partial charge in [-0.1, -0.05) is 13.8 Å². The Balaban J connectivity index is 3.04. The SMILES string of the molecule is COc1cc(S(=O)(=O)NC(CCO)C(C)C)ccc1N. The molecule has 20 heavy (non-hydrogen) atoms. The first-order valence-electron chi connectivity index (χ1n) is 6.38. The molecule has 1 unspecified atom stereocenters. The number of nitrogen functional groups attached to an aromatic ring is 1. The summed E-state index contributed by atoms with van der Waals surface area (Å²) in [5.74, 6) is 0.392. The quantitative estimate of drug-likeness (QED) is 0.651. The standard InChI is InChI=1S/C13H22N2O4S/c1-9(2)12(6-7-16)15-20(17,18)10-4-5-11(14)13(8-10)19-3/h4-5,8-9,12,15-16H,6-7,14H2,1-3H3. The highest BCUT2D eigenvalue weighted by atomic mass is 32.2. The molecule has 114 valence electrons. The fourth-order valence-corrected chi connectivity index (χ4v) is 3.23. The average Bonchev–Trinajstić information content (AvgIpc) is 2.38. The molecule has 4 N–H and O–H groups in total. The van der Waals surface area contributed by atoms with Crippen molar-refractivity contribution in [1.82, 2.24) is 4.72 Å². The number of hydrogen-bond donors (Lipinski definition) is 3. The van der Waals surface area contributed by atoms with E-state index >= 15 is 0 Å². The van der Waals surface area contributed by atoms with E-state index in [2.05, 4.69) is 4.72 Å². The molecular formula is C13H22N2O4S. The first-order valence-corrected chi connectivity index (χ1v) is 7.87. The van der Waals surface area contributed by atoms with Crippen molar-refractivity contribution in [1.29, 1.82) is 0 Å². The molecule has 0 heterocycles. The van der Waals surface area contributed by atoms with E-state index in [-0.39, 0.29) is 23.5 Å². The van der Waals surface area contributed by atoms with Crippen molar-refractivity contribution in [2.75, 3.05) is 19.5 Å². The molecule has 0 saturated heterocycles. The lowest BCUT2D eigenvalue weighted by molar-refractivity contribution is 0.256. The van der Waals surface area contributed by atoms with Crippen molar-refractivity contribution < 1.29 is 18.3 Å². The molecule has 1 aromatic rings. The van der Waals surface area contributed by atoms with E-state index in [1.165, 1.54) is 25.3 Å². The van der Waals surface area contributed by atoms with Crippen LogP contribution in [0.2, 0.25) is 0 Å². The van der Waals surface area contributed by atoms with Gasteiger partial charge in [0.1, 0.15) is 5.75 Å². The third kappa shape index (κ3) is 4.09. The van der Waals surface area contributed by atoms with Gasteiger partial charge in [-0.25, -0.2) is 13.1 Å². The molecule has 1 atom stereocenters. The van der Waals surface area contributed by atoms with Crippen LogP contribution >= 0.6 is 0 Å². The Bertz CT molecular complexity index is 543. The van der Waals surface area contributed by atoms with Crippen LogP contribution in [0.3, 0.4) is 0 Å². The maximum Gasteiger partial charge on any atom is 0.240 e. The van der Waals surface area contributed by atoms with Crippen molar-refractivity contribution in [3.63, 3.8) is 0 Å². The maximum absolute atomic E-state index is 12.3. The number of hydrogen-bond acceptors (Lipinski definition) is 5. The Morgan fingerprint density at radius 2 is 2.05 bits per heavy atom. The lowest BCUT2D eigenvalue weighted by atomic mass is 10.0. The first-order chi connectivity index (χ1) is 9.31. The molecule has 7 heteroatoms. The second kappa shape index (κ2) is 6.92. The number of nitrogens with two attached hydrogens (primary N) is 1. The van der Waals surface area contributed by atoms with Crippen LogP contribution in [0.1, 0.15) is 20.3 Å². The molecule has 0 aliphatic carbocycles. The minimum Gasteiger partial charge on any atom is -0.495 e. The topological polar surface area (TPSA) is 102 Å². The maximum atomic E-state index is 12.3. The minimum atomic E-state index is -3.67. The summed E-state index contributed by atoms with van der Waals surface area (Å²) < 4.78 is 32.2. The Kier molecular flexibility index (Phi) is 5.79. The fourth-order valence-electron chi connectivity index (χ4n) is 1.79. The summed E-state index contributed by atoms with van der Waals surface area (Å²) in [6, 6.07) is 3.97. The molecule has 1 aromatic carbocycles. The van der Waals surface area contributed by atoms with Gasteiger partial charge in [0.15, 0.2) is 0 Å². The molecule has 0 amide bonds. The third-order valence-electron chi connectivity index (χ3n) is 3.07. The van der Waals surface area contributed by atoms with Gasteiger partial charge in [-0.3, -0.25) is 0 Å². The van der Waals surface area contributed by atoms with Gasteiger partial charge < -0.3 is 15.6 Å². The van der Waals surface area contributed by atoms with Gasteiger partial charge in [-0.05, 0) is 24.5 Å². The Morgan fingerprint density at radius 3 is 2.55 bits per heavy atom. The van der Waals surface area contributed by atoms with E-state index in [1.807, 2.05) is 13.8 Å². The molecule has 0 bridgehead atoms. The summed E-state index contributed by atoms with van der Waals surface area (Å²) in [4.78, 5) is 0.0899. The number of aliphatic hydroxyl groups is 1. The number of benzene rings is 1. The summed E-state index contributed by atoms with van der Waals surface area (Å²) in [5.41, 5.74) is 6.04. The van der Waals surface area contributed by atoms with E-state index in [4.69, 9.17) is 15.6 Å². The lowest BCUT2D eigenvalue weighted by Gasteiger charge is -2.21. The van der Waals surface area contributed by atoms with Crippen LogP contribution < -0.4 is 15.2 Å². The molecule has 0 radical (unpaired) electrons. The van der Waals surface area contributed by atoms with Crippen LogP contribution in [0.25, 0.3) is 0 Å². The van der Waals surface area contributed by atoms with Crippen molar-refractivity contribution in [2.45, 2.75) is 31.2 Å². The molecular weight excluding hydrogens is 280 g/mol. The number of sulfonamides is 1. The molecule has 0 spiro atoms. The normalized spacial score (nSPS) is 13.4. The van der Waals surface area contributed by atoms with Crippen molar-refractivity contribution in [3.8, 4) is 5.75 Å². The number of aliphatic hydroxyl groups excluding tert-OH is 1. The van der Waals surface area contributed by atoms with Gasteiger partial charge in [-0.2, -0.15) is 0 Å². The van der Waals surface area contributed by atoms with E-state index in [0.29, 0.717) is 17.9 Å². The molecule has 0 fully saturated rings. The number of nitrogens with one attached hydrogen (secondary N) is 1. The summed E-state index contributed by atoms with van der Waals surface area (Å²) >= 11 is 0. The summed E-state index contributed by atoms with van der Waals surface area (Å²) in [6.07, 6.45) is 0.364. The zero-order valence-corrected chi connectivity index (χ0v) is 12.8. The van der Waals surface area contributed by atoms with E-state index in [1.54, 1.807) is 0 Å². The van der Waals surface area contributed by atoms with Crippen LogP contribution in [-0.4, -0.2) is 33.3 Å². The molecule has 6 nitrogen and oxygen atoms in total. The van der Waals surface area contributed by atoms with Gasteiger partial charge in [0, 0.05) is 18.7 Å². The second-order valence-corrected chi connectivity index (χ2v) is 6.60. The number of anilines is 1. The third-order valence-corrected chi connectivity index (χ3v) is 4.55. The van der Waals surface area contributed by atoms with Crippen molar-refractivity contribution >= 4 is 15.7 Å². The van der Waals surface area contributed by atoms with Gasteiger partial charge in [0.05, 0.1) is 17.7 Å². The smallest absolute Gasteiger partial charge is 0.240 e. The Hall–Kier alpha value is -1.31. The van der Waals surface area contributed by atoms with E-state index in [0.717, 1.165) is 0 Å². The van der Waals surface area contributed by atoms with E-state index in [9.17, 15) is 8.42 Å². The second-order valence-electron chi connectivity index (χ2n) is 4.89. The number of methoxy groups -OCH3 is 1. The van der Waals surface area contributed by atoms with Gasteiger partial charge in [0.25, 0.3) is 0 Å². The van der Waals surface area contributed by atoms with Crippen LogP contribution in [-0.2, 0) is 10.0 Å². The van der Waals surface area contributed by atoms with Crippen LogP contribution in [0, 0.1) is 5.92 Å². The number of rotatable bonds is 7. The highest BCUT2D eigenvalue weighted by Crippen LogP contribution is 2.25. The highest BCUT2D eigenvalue weighted by Gasteiger charge is 2.22. The zero-order valence-electron chi connectivity index (χ0n) is 12.0. The fraction of sp³-hybridized carbons (Fsp3) is 0.538. The van der Waals surface area contributed by atoms with Crippen molar-refractivity contribution in [3.05, 3.63) is 18.2 Å². The Morgan fingerprint density at radius 1 is 1.40 bits per heavy atom. The highest BCUT2D eigenvalue weighted by molar-refractivity contribution is 7.89. The molecule has 1 rings (SSSR count). The summed E-state index contributed by atoms with van der Waals surface area (Å²) in [5, 5.41) is 9.00. The largest absolute Gasteiger partial charge is 0.495 e. The van der Waals surface area contributed by atoms with Crippen LogP contribution in [0.4, 0.5) is 5.69 Å². The number of ether oxygens (including phenoxy) is 1. The predicted molar refractivity (Wildman–Crippen MR) is 78.1 cm³/mol. The summed E-state index contributed by atoms with van der Waals surface area (Å²) in [6.45, 7) is 3.72. The van der Waals surface area contributed by atoms with Gasteiger partial charge in [0.2, 0.25) is 10.0 Å². The van der Waals surface area contributed by atoms with Crippen LogP contribution in [0.5, 0.6) is 5.75 Å². The van der Waals surface area contributed by atoms with E-state index < -0.39 is 10.0 Å². The monoisotopic (exact) mass is 302 g/mol.